The van der Waals surface area contributed by atoms with Crippen LogP contribution in [-0.2, 0) is 6.54 Å². The zero-order chi connectivity index (χ0) is 16.4. The van der Waals surface area contributed by atoms with E-state index < -0.39 is 0 Å². The lowest BCUT2D eigenvalue weighted by Crippen LogP contribution is -2.28. The number of hydrogen-bond donors (Lipinski definition) is 3. The molecule has 1 aliphatic rings. The molecule has 5 nitrogen and oxygen atoms in total. The van der Waals surface area contributed by atoms with Gasteiger partial charge in [0.1, 0.15) is 13.2 Å². The van der Waals surface area contributed by atoms with Gasteiger partial charge >= 0.3 is 0 Å². The minimum atomic E-state index is 0.560. The molecule has 24 heavy (non-hydrogen) atoms. The molecule has 1 aromatic heterocycles. The standard InChI is InChI=1S/C18H17N3O2S/c24-18(19-11-14-9-12-3-1-2-4-15(12)20-14)21-13-5-6-16-17(10-13)23-8-7-22-16/h1-6,9-10,20H,7-8,11H2,(H2,19,21,24). The number of rotatable bonds is 3. The molecule has 0 saturated heterocycles. The van der Waals surface area contributed by atoms with Crippen molar-refractivity contribution >= 4 is 33.9 Å². The van der Waals surface area contributed by atoms with Gasteiger partial charge in [0.25, 0.3) is 0 Å². The van der Waals surface area contributed by atoms with Crippen LogP contribution in [0.25, 0.3) is 10.9 Å². The number of aromatic nitrogens is 1. The Kier molecular flexibility index (Phi) is 3.96. The molecular weight excluding hydrogens is 322 g/mol. The van der Waals surface area contributed by atoms with Crippen LogP contribution < -0.4 is 20.1 Å². The maximum absolute atomic E-state index is 5.57. The highest BCUT2D eigenvalue weighted by Gasteiger charge is 2.12. The van der Waals surface area contributed by atoms with E-state index >= 15 is 0 Å². The average molecular weight is 339 g/mol. The molecule has 3 N–H and O–H groups in total. The number of fused-ring (bicyclic) bond motifs is 2. The van der Waals surface area contributed by atoms with Gasteiger partial charge in [-0.1, -0.05) is 18.2 Å². The largest absolute Gasteiger partial charge is 0.486 e. The van der Waals surface area contributed by atoms with Gasteiger partial charge in [-0.3, -0.25) is 0 Å². The number of benzene rings is 2. The maximum atomic E-state index is 5.57. The first-order valence-corrected chi connectivity index (χ1v) is 8.20. The first-order valence-electron chi connectivity index (χ1n) is 7.79. The predicted molar refractivity (Wildman–Crippen MR) is 98.8 cm³/mol. The number of ether oxygens (including phenoxy) is 2. The molecule has 0 radical (unpaired) electrons. The molecule has 0 saturated carbocycles. The lowest BCUT2D eigenvalue weighted by Gasteiger charge is -2.19. The number of para-hydroxylation sites is 1. The Labute approximate surface area is 145 Å². The van der Waals surface area contributed by atoms with Gasteiger partial charge in [0.05, 0.1) is 6.54 Å². The van der Waals surface area contributed by atoms with Crippen LogP contribution in [-0.4, -0.2) is 23.3 Å². The van der Waals surface area contributed by atoms with Gasteiger partial charge in [0, 0.05) is 23.0 Å². The molecule has 122 valence electrons. The van der Waals surface area contributed by atoms with Gasteiger partial charge in [-0.2, -0.15) is 0 Å². The van der Waals surface area contributed by atoms with Crippen LogP contribution in [0.1, 0.15) is 5.69 Å². The van der Waals surface area contributed by atoms with E-state index in [0.717, 1.165) is 28.4 Å². The molecule has 2 aromatic carbocycles. The van der Waals surface area contributed by atoms with Crippen LogP contribution in [0, 0.1) is 0 Å². The van der Waals surface area contributed by atoms with Crippen LogP contribution in [0.15, 0.2) is 48.5 Å². The number of thiocarbonyl (C=S) groups is 1. The Morgan fingerprint density at radius 3 is 2.75 bits per heavy atom. The lowest BCUT2D eigenvalue weighted by atomic mass is 10.2. The summed E-state index contributed by atoms with van der Waals surface area (Å²) in [4.78, 5) is 3.37. The van der Waals surface area contributed by atoms with Gasteiger partial charge in [-0.15, -0.1) is 0 Å². The molecule has 2 heterocycles. The molecule has 0 aliphatic carbocycles. The molecule has 0 bridgehead atoms. The minimum absolute atomic E-state index is 0.560. The zero-order valence-corrected chi connectivity index (χ0v) is 13.8. The van der Waals surface area contributed by atoms with Crippen LogP contribution >= 0.6 is 12.2 Å². The highest BCUT2D eigenvalue weighted by atomic mass is 32.1. The monoisotopic (exact) mass is 339 g/mol. The smallest absolute Gasteiger partial charge is 0.171 e. The normalized spacial score (nSPS) is 12.8. The summed E-state index contributed by atoms with van der Waals surface area (Å²) in [5, 5.41) is 8.13. The Bertz CT molecular complexity index is 858. The quantitative estimate of drug-likeness (QED) is 0.638. The first-order chi connectivity index (χ1) is 11.8. The fraction of sp³-hybridized carbons (Fsp3) is 0.167. The second kappa shape index (κ2) is 6.41. The molecule has 6 heteroatoms. The predicted octanol–water partition coefficient (Wildman–Crippen LogP) is 3.43. The summed E-state index contributed by atoms with van der Waals surface area (Å²) < 4.78 is 11.1. The fourth-order valence-corrected chi connectivity index (χ4v) is 2.89. The highest BCUT2D eigenvalue weighted by molar-refractivity contribution is 7.80. The van der Waals surface area contributed by atoms with Crippen molar-refractivity contribution in [2.45, 2.75) is 6.54 Å². The summed E-state index contributed by atoms with van der Waals surface area (Å²) in [7, 11) is 0. The van der Waals surface area contributed by atoms with E-state index in [2.05, 4.69) is 33.8 Å². The molecular formula is C18H17N3O2S. The molecule has 0 spiro atoms. The average Bonchev–Trinajstić information content (AvgIpc) is 3.03. The number of aromatic amines is 1. The van der Waals surface area contributed by atoms with E-state index in [1.54, 1.807) is 0 Å². The van der Waals surface area contributed by atoms with E-state index in [0.29, 0.717) is 24.9 Å². The summed E-state index contributed by atoms with van der Waals surface area (Å²) in [6, 6.07) is 16.0. The van der Waals surface area contributed by atoms with E-state index in [4.69, 9.17) is 21.7 Å². The van der Waals surface area contributed by atoms with Crippen molar-refractivity contribution in [3.8, 4) is 11.5 Å². The number of H-pyrrole nitrogens is 1. The van der Waals surface area contributed by atoms with Crippen molar-refractivity contribution in [3.05, 3.63) is 54.2 Å². The van der Waals surface area contributed by atoms with Gasteiger partial charge in [0.2, 0.25) is 0 Å². The molecule has 4 rings (SSSR count). The Hall–Kier alpha value is -2.73. The number of nitrogens with one attached hydrogen (secondary N) is 3. The summed E-state index contributed by atoms with van der Waals surface area (Å²) in [6.45, 7) is 1.79. The number of hydrogen-bond acceptors (Lipinski definition) is 3. The van der Waals surface area contributed by atoms with Crippen LogP contribution in [0.5, 0.6) is 11.5 Å². The third-order valence-corrected chi connectivity index (χ3v) is 4.07. The van der Waals surface area contributed by atoms with Crippen LogP contribution in [0.4, 0.5) is 5.69 Å². The Morgan fingerprint density at radius 2 is 1.88 bits per heavy atom. The Morgan fingerprint density at radius 1 is 1.04 bits per heavy atom. The van der Waals surface area contributed by atoms with Gasteiger partial charge < -0.3 is 25.1 Å². The van der Waals surface area contributed by atoms with Gasteiger partial charge in [-0.25, -0.2) is 0 Å². The third kappa shape index (κ3) is 3.14. The fourth-order valence-electron chi connectivity index (χ4n) is 2.70. The maximum Gasteiger partial charge on any atom is 0.171 e. The summed E-state index contributed by atoms with van der Waals surface area (Å²) in [5.41, 5.74) is 3.08. The third-order valence-electron chi connectivity index (χ3n) is 3.83. The zero-order valence-electron chi connectivity index (χ0n) is 13.0. The van der Waals surface area contributed by atoms with Gasteiger partial charge in [-0.05, 0) is 41.9 Å². The SMILES string of the molecule is S=C(NCc1cc2ccccc2[nH]1)Nc1ccc2c(c1)OCCO2. The van der Waals surface area contributed by atoms with Crippen molar-refractivity contribution in [1.29, 1.82) is 0 Å². The lowest BCUT2D eigenvalue weighted by molar-refractivity contribution is 0.171. The summed E-state index contributed by atoms with van der Waals surface area (Å²) >= 11 is 5.36. The minimum Gasteiger partial charge on any atom is -0.486 e. The van der Waals surface area contributed by atoms with E-state index in [-0.39, 0.29) is 0 Å². The van der Waals surface area contributed by atoms with Crippen molar-refractivity contribution in [2.24, 2.45) is 0 Å². The highest BCUT2D eigenvalue weighted by Crippen LogP contribution is 2.32. The van der Waals surface area contributed by atoms with E-state index in [1.165, 1.54) is 5.39 Å². The Balaban J connectivity index is 1.38. The summed E-state index contributed by atoms with van der Waals surface area (Å²) in [6.07, 6.45) is 0. The first kappa shape index (κ1) is 14.8. The van der Waals surface area contributed by atoms with Crippen LogP contribution in [0.3, 0.4) is 0 Å². The second-order valence-corrected chi connectivity index (χ2v) is 5.96. The number of anilines is 1. The van der Waals surface area contributed by atoms with E-state index in [9.17, 15) is 0 Å². The van der Waals surface area contributed by atoms with Crippen molar-refractivity contribution in [1.82, 2.24) is 10.3 Å². The second-order valence-electron chi connectivity index (χ2n) is 5.55. The summed E-state index contributed by atoms with van der Waals surface area (Å²) in [5.74, 6) is 1.51. The molecule has 0 atom stereocenters. The van der Waals surface area contributed by atoms with Crippen molar-refractivity contribution in [2.75, 3.05) is 18.5 Å². The van der Waals surface area contributed by atoms with Crippen molar-refractivity contribution in [3.63, 3.8) is 0 Å². The topological polar surface area (TPSA) is 58.3 Å². The molecule has 1 aliphatic heterocycles. The molecule has 3 aromatic rings. The van der Waals surface area contributed by atoms with E-state index in [1.807, 2.05) is 30.3 Å². The van der Waals surface area contributed by atoms with Gasteiger partial charge in [0.15, 0.2) is 16.6 Å². The van der Waals surface area contributed by atoms with Crippen molar-refractivity contribution < 1.29 is 9.47 Å². The molecule has 0 unspecified atom stereocenters. The molecule has 0 fully saturated rings. The van der Waals surface area contributed by atoms with Crippen LogP contribution in [0.2, 0.25) is 0 Å². The molecule has 0 amide bonds.